The number of aromatic nitrogens is 3. The third kappa shape index (κ3) is 5.18. The second-order valence-electron chi connectivity index (χ2n) is 7.82. The molecule has 0 aliphatic heterocycles. The van der Waals surface area contributed by atoms with Crippen molar-refractivity contribution in [2.75, 3.05) is 5.32 Å². The number of halogens is 1. The van der Waals surface area contributed by atoms with Gasteiger partial charge >= 0.3 is 0 Å². The van der Waals surface area contributed by atoms with E-state index in [0.717, 1.165) is 24.2 Å². The fourth-order valence-electron chi connectivity index (χ4n) is 3.68. The van der Waals surface area contributed by atoms with Crippen molar-refractivity contribution in [3.05, 3.63) is 100 Å². The summed E-state index contributed by atoms with van der Waals surface area (Å²) in [5.74, 6) is 1.18. The summed E-state index contributed by atoms with van der Waals surface area (Å²) in [7, 11) is 0. The lowest BCUT2D eigenvalue weighted by Gasteiger charge is -2.12. The largest absolute Gasteiger partial charge is 0.458 e. The first-order chi connectivity index (χ1) is 17.6. The molecule has 176 valence electrons. The van der Waals surface area contributed by atoms with Gasteiger partial charge in [-0.05, 0) is 67.5 Å². The van der Waals surface area contributed by atoms with Crippen molar-refractivity contribution < 1.29 is 9.53 Å². The van der Waals surface area contributed by atoms with E-state index in [2.05, 4.69) is 33.7 Å². The van der Waals surface area contributed by atoms with E-state index in [0.29, 0.717) is 33.4 Å². The van der Waals surface area contributed by atoms with Gasteiger partial charge in [0.1, 0.15) is 23.1 Å². The number of carbonyl (C=O) groups excluding carboxylic acids is 1. The lowest BCUT2D eigenvalue weighted by atomic mass is 10.0. The van der Waals surface area contributed by atoms with Crippen LogP contribution in [0, 0.1) is 11.3 Å². The Labute approximate surface area is 216 Å². The van der Waals surface area contributed by atoms with Gasteiger partial charge in [0.2, 0.25) is 5.13 Å². The van der Waals surface area contributed by atoms with Gasteiger partial charge < -0.3 is 4.74 Å². The van der Waals surface area contributed by atoms with Crippen LogP contribution in [0.4, 0.5) is 5.13 Å². The Bertz CT molecular complexity index is 1520. The fourth-order valence-corrected chi connectivity index (χ4v) is 4.35. The first-order valence-corrected chi connectivity index (χ1v) is 12.3. The van der Waals surface area contributed by atoms with Gasteiger partial charge in [0, 0.05) is 16.7 Å². The average Bonchev–Trinajstić information content (AvgIpc) is 3.42. The third-order valence-electron chi connectivity index (χ3n) is 5.41. The second kappa shape index (κ2) is 10.5. The minimum absolute atomic E-state index is 0.275. The molecular weight excluding hydrogens is 494 g/mol. The Balaban J connectivity index is 1.45. The van der Waals surface area contributed by atoms with Gasteiger partial charge in [-0.3, -0.25) is 10.1 Å². The Morgan fingerprint density at radius 2 is 1.97 bits per heavy atom. The van der Waals surface area contributed by atoms with Crippen LogP contribution in [0.2, 0.25) is 5.02 Å². The van der Waals surface area contributed by atoms with E-state index in [-0.39, 0.29) is 16.5 Å². The zero-order chi connectivity index (χ0) is 24.9. The zero-order valence-corrected chi connectivity index (χ0v) is 20.4. The SMILES string of the molecule is N#Cc1c(Cl)cc(-c2cccc(C(=O)Nc3nncs3)c2)nc1-c1ccc(OC2=CCCC=C2)cc1. The van der Waals surface area contributed by atoms with Gasteiger partial charge in [0.15, 0.2) is 0 Å². The van der Waals surface area contributed by atoms with Gasteiger partial charge in [-0.15, -0.1) is 10.2 Å². The predicted octanol–water partition coefficient (Wildman–Crippen LogP) is 6.66. The highest BCUT2D eigenvalue weighted by atomic mass is 35.5. The lowest BCUT2D eigenvalue weighted by Crippen LogP contribution is -2.11. The Hall–Kier alpha value is -4.32. The van der Waals surface area contributed by atoms with E-state index in [4.69, 9.17) is 21.3 Å². The van der Waals surface area contributed by atoms with Crippen LogP contribution in [0.1, 0.15) is 28.8 Å². The predicted molar refractivity (Wildman–Crippen MR) is 140 cm³/mol. The van der Waals surface area contributed by atoms with Crippen LogP contribution in [0.15, 0.2) is 84.1 Å². The molecule has 4 aromatic rings. The fraction of sp³-hybridized carbons (Fsp3) is 0.0741. The highest BCUT2D eigenvalue weighted by Crippen LogP contribution is 2.33. The van der Waals surface area contributed by atoms with Gasteiger partial charge in [-0.25, -0.2) is 4.98 Å². The lowest BCUT2D eigenvalue weighted by molar-refractivity contribution is 0.102. The molecule has 1 N–H and O–H groups in total. The van der Waals surface area contributed by atoms with Crippen molar-refractivity contribution in [2.45, 2.75) is 12.8 Å². The maximum absolute atomic E-state index is 12.6. The summed E-state index contributed by atoms with van der Waals surface area (Å²) >= 11 is 7.73. The molecule has 0 radical (unpaired) electrons. The summed E-state index contributed by atoms with van der Waals surface area (Å²) in [6.45, 7) is 0. The topological polar surface area (TPSA) is 101 Å². The summed E-state index contributed by atoms with van der Waals surface area (Å²) in [5, 5.41) is 20.7. The number of amides is 1. The molecule has 1 amide bonds. The van der Waals surface area contributed by atoms with Crippen LogP contribution >= 0.6 is 22.9 Å². The molecule has 36 heavy (non-hydrogen) atoms. The number of hydrogen-bond donors (Lipinski definition) is 1. The number of nitrogens with zero attached hydrogens (tertiary/aromatic N) is 4. The molecule has 0 saturated heterocycles. The van der Waals surface area contributed by atoms with E-state index < -0.39 is 0 Å². The molecular formula is C27H18ClN5O2S. The van der Waals surface area contributed by atoms with Crippen LogP contribution in [-0.2, 0) is 0 Å². The van der Waals surface area contributed by atoms with Crippen molar-refractivity contribution >= 4 is 34.0 Å². The highest BCUT2D eigenvalue weighted by molar-refractivity contribution is 7.13. The van der Waals surface area contributed by atoms with E-state index >= 15 is 0 Å². The molecule has 0 atom stereocenters. The summed E-state index contributed by atoms with van der Waals surface area (Å²) < 4.78 is 5.91. The number of carbonyl (C=O) groups is 1. The standard InChI is InChI=1S/C27H18ClN5O2S/c28-23-14-24(18-5-4-6-19(13-18)26(34)32-27-33-30-16-36-27)31-25(22(23)15-29)17-9-11-21(12-10-17)35-20-7-2-1-3-8-20/h2,4-14,16H,1,3H2,(H,32,33,34). The molecule has 0 bridgehead atoms. The summed E-state index contributed by atoms with van der Waals surface area (Å²) in [5.41, 5.74) is 4.64. The van der Waals surface area contributed by atoms with Crippen molar-refractivity contribution in [3.8, 4) is 34.3 Å². The molecule has 1 aliphatic carbocycles. The van der Waals surface area contributed by atoms with Gasteiger partial charge in [-0.2, -0.15) is 5.26 Å². The zero-order valence-electron chi connectivity index (χ0n) is 18.8. The van der Waals surface area contributed by atoms with E-state index in [9.17, 15) is 10.1 Å². The number of anilines is 1. The summed E-state index contributed by atoms with van der Waals surface area (Å²) in [6, 6.07) is 18.1. The number of hydrogen-bond acceptors (Lipinski definition) is 7. The molecule has 1 aliphatic rings. The third-order valence-corrected chi connectivity index (χ3v) is 6.31. The Morgan fingerprint density at radius 1 is 1.11 bits per heavy atom. The molecule has 7 nitrogen and oxygen atoms in total. The molecule has 0 saturated carbocycles. The molecule has 9 heteroatoms. The minimum atomic E-state index is -0.313. The number of ether oxygens (including phenoxy) is 1. The number of benzene rings is 2. The minimum Gasteiger partial charge on any atom is -0.458 e. The van der Waals surface area contributed by atoms with E-state index in [1.165, 1.54) is 11.3 Å². The smallest absolute Gasteiger partial charge is 0.257 e. The van der Waals surface area contributed by atoms with Crippen molar-refractivity contribution in [1.82, 2.24) is 15.2 Å². The average molecular weight is 512 g/mol. The first-order valence-electron chi connectivity index (χ1n) is 11.0. The van der Waals surface area contributed by atoms with Crippen LogP contribution in [0.25, 0.3) is 22.5 Å². The van der Waals surface area contributed by atoms with Gasteiger partial charge in [-0.1, -0.05) is 41.1 Å². The summed E-state index contributed by atoms with van der Waals surface area (Å²) in [4.78, 5) is 17.4. The Morgan fingerprint density at radius 3 is 2.69 bits per heavy atom. The maximum Gasteiger partial charge on any atom is 0.257 e. The second-order valence-corrected chi connectivity index (χ2v) is 9.06. The van der Waals surface area contributed by atoms with E-state index in [1.807, 2.05) is 36.4 Å². The molecule has 0 unspecified atom stereocenters. The van der Waals surface area contributed by atoms with Crippen molar-refractivity contribution in [1.29, 1.82) is 5.26 Å². The number of rotatable bonds is 6. The molecule has 5 rings (SSSR count). The number of pyridine rings is 1. The molecule has 2 heterocycles. The molecule has 2 aromatic carbocycles. The molecule has 0 fully saturated rings. The maximum atomic E-state index is 12.6. The van der Waals surface area contributed by atoms with Crippen molar-refractivity contribution in [2.24, 2.45) is 0 Å². The number of nitrogens with one attached hydrogen (secondary N) is 1. The normalized spacial score (nSPS) is 12.5. The van der Waals surface area contributed by atoms with Gasteiger partial charge in [0.05, 0.1) is 22.0 Å². The number of nitriles is 1. The van der Waals surface area contributed by atoms with Gasteiger partial charge in [0.25, 0.3) is 5.91 Å². The highest BCUT2D eigenvalue weighted by Gasteiger charge is 2.16. The molecule has 0 spiro atoms. The Kier molecular flexibility index (Phi) is 6.85. The van der Waals surface area contributed by atoms with Crippen molar-refractivity contribution in [3.63, 3.8) is 0 Å². The van der Waals surface area contributed by atoms with Crippen LogP contribution in [0.5, 0.6) is 5.75 Å². The van der Waals surface area contributed by atoms with Crippen LogP contribution in [-0.4, -0.2) is 21.1 Å². The van der Waals surface area contributed by atoms with E-state index in [1.54, 1.807) is 29.8 Å². The molecule has 2 aromatic heterocycles. The first kappa shape index (κ1) is 23.4. The quantitative estimate of drug-likeness (QED) is 0.310. The monoisotopic (exact) mass is 511 g/mol. The number of allylic oxidation sites excluding steroid dienone is 3. The van der Waals surface area contributed by atoms with Crippen LogP contribution in [0.3, 0.4) is 0 Å². The van der Waals surface area contributed by atoms with Crippen LogP contribution < -0.4 is 10.1 Å². The summed E-state index contributed by atoms with van der Waals surface area (Å²) in [6.07, 6.45) is 8.06.